The van der Waals surface area contributed by atoms with Gasteiger partial charge in [0.2, 0.25) is 11.8 Å². The number of ether oxygens (including phenoxy) is 2. The molecule has 0 spiro atoms. The lowest BCUT2D eigenvalue weighted by molar-refractivity contribution is -0.120. The molecule has 0 aliphatic rings. The fraction of sp³-hybridized carbons (Fsp3) is 0.550. The van der Waals surface area contributed by atoms with Gasteiger partial charge in [-0.3, -0.25) is 9.59 Å². The average molecular weight is 393 g/mol. The maximum atomic E-state index is 11.9. The molecule has 0 unspecified atom stereocenters. The molecule has 3 amide bonds. The molecule has 8 nitrogen and oxygen atoms in total. The van der Waals surface area contributed by atoms with E-state index in [4.69, 9.17) is 9.47 Å². The highest BCUT2D eigenvalue weighted by molar-refractivity contribution is 5.82. The number of hydrogen-bond acceptors (Lipinski definition) is 5. The van der Waals surface area contributed by atoms with Gasteiger partial charge in [0.1, 0.15) is 11.4 Å². The van der Waals surface area contributed by atoms with Crippen LogP contribution in [0.5, 0.6) is 5.75 Å². The highest BCUT2D eigenvalue weighted by Gasteiger charge is 2.16. The third-order valence-electron chi connectivity index (χ3n) is 3.39. The Morgan fingerprint density at radius 1 is 0.929 bits per heavy atom. The van der Waals surface area contributed by atoms with Gasteiger partial charge in [-0.25, -0.2) is 4.79 Å². The van der Waals surface area contributed by atoms with Crippen LogP contribution in [0, 0.1) is 0 Å². The first-order valence-electron chi connectivity index (χ1n) is 9.41. The normalized spacial score (nSPS) is 10.7. The summed E-state index contributed by atoms with van der Waals surface area (Å²) in [4.78, 5) is 35.0. The number of rotatable bonds is 10. The molecule has 0 bridgehead atoms. The first-order valence-corrected chi connectivity index (χ1v) is 9.41. The van der Waals surface area contributed by atoms with E-state index in [9.17, 15) is 14.4 Å². The molecule has 0 aliphatic heterocycles. The summed E-state index contributed by atoms with van der Waals surface area (Å²) in [5.41, 5.74) is 0.298. The van der Waals surface area contributed by atoms with Crippen molar-refractivity contribution in [2.75, 3.05) is 26.2 Å². The van der Waals surface area contributed by atoms with Crippen molar-refractivity contribution in [2.45, 2.75) is 46.1 Å². The fourth-order valence-electron chi connectivity index (χ4n) is 2.19. The van der Waals surface area contributed by atoms with Crippen LogP contribution in [0.15, 0.2) is 24.3 Å². The number of hydrogen-bond donors (Lipinski definition) is 3. The van der Waals surface area contributed by atoms with E-state index in [-0.39, 0.29) is 18.4 Å². The molecule has 0 aromatic heterocycles. The molecule has 0 atom stereocenters. The molecule has 3 N–H and O–H groups in total. The smallest absolute Gasteiger partial charge is 0.408 e. The molecule has 8 heteroatoms. The molecule has 0 radical (unpaired) electrons. The van der Waals surface area contributed by atoms with Crippen molar-refractivity contribution in [1.82, 2.24) is 16.0 Å². The zero-order chi connectivity index (χ0) is 21.0. The molecular weight excluding hydrogens is 362 g/mol. The van der Waals surface area contributed by atoms with E-state index in [0.717, 1.165) is 11.3 Å². The lowest BCUT2D eigenvalue weighted by atomic mass is 10.1. The summed E-state index contributed by atoms with van der Waals surface area (Å²) in [6.07, 6.45) is 0.246. The highest BCUT2D eigenvalue weighted by Crippen LogP contribution is 2.12. The Morgan fingerprint density at radius 2 is 1.54 bits per heavy atom. The molecule has 0 heterocycles. The van der Waals surface area contributed by atoms with Crippen molar-refractivity contribution < 1.29 is 23.9 Å². The first kappa shape index (κ1) is 23.3. The first-order chi connectivity index (χ1) is 13.2. The summed E-state index contributed by atoms with van der Waals surface area (Å²) >= 11 is 0. The maximum absolute atomic E-state index is 11.9. The van der Waals surface area contributed by atoms with Gasteiger partial charge in [-0.15, -0.1) is 0 Å². The highest BCUT2D eigenvalue weighted by atomic mass is 16.6. The van der Waals surface area contributed by atoms with Crippen LogP contribution in [0.2, 0.25) is 0 Å². The van der Waals surface area contributed by atoms with Crippen LogP contribution in [0.3, 0.4) is 0 Å². The molecular formula is C20H31N3O5. The Morgan fingerprint density at radius 3 is 2.11 bits per heavy atom. The molecule has 0 fully saturated rings. The summed E-state index contributed by atoms with van der Waals surface area (Å²) in [5.74, 6) is 0.386. The van der Waals surface area contributed by atoms with E-state index in [0.29, 0.717) is 32.5 Å². The third kappa shape index (κ3) is 11.1. The Kier molecular flexibility index (Phi) is 9.84. The zero-order valence-corrected chi connectivity index (χ0v) is 17.1. The molecule has 1 aromatic rings. The lowest BCUT2D eigenvalue weighted by Gasteiger charge is -2.19. The predicted octanol–water partition coefficient (Wildman–Crippen LogP) is 1.77. The van der Waals surface area contributed by atoms with Crippen LogP contribution in [0.1, 0.15) is 39.7 Å². The van der Waals surface area contributed by atoms with Crippen LogP contribution in [-0.2, 0) is 20.7 Å². The van der Waals surface area contributed by atoms with Crippen LogP contribution in [-0.4, -0.2) is 49.7 Å². The zero-order valence-electron chi connectivity index (χ0n) is 17.1. The maximum Gasteiger partial charge on any atom is 0.408 e. The van der Waals surface area contributed by atoms with Crippen LogP contribution in [0.25, 0.3) is 0 Å². The standard InChI is InChI=1S/C20H31N3O5/c1-5-27-16-9-7-15(8-10-16)13-17(24)21-11-6-12-22-18(25)14-23-19(26)28-20(2,3)4/h7-10H,5-6,11-14H2,1-4H3,(H,21,24)(H,22,25)(H,23,26). The van der Waals surface area contributed by atoms with E-state index in [2.05, 4.69) is 16.0 Å². The summed E-state index contributed by atoms with van der Waals surface area (Å²) < 4.78 is 10.4. The Hall–Kier alpha value is -2.77. The van der Waals surface area contributed by atoms with E-state index in [1.54, 1.807) is 20.8 Å². The third-order valence-corrected chi connectivity index (χ3v) is 3.39. The summed E-state index contributed by atoms with van der Waals surface area (Å²) in [6.45, 7) is 8.46. The molecule has 156 valence electrons. The van der Waals surface area contributed by atoms with E-state index in [1.807, 2.05) is 31.2 Å². The largest absolute Gasteiger partial charge is 0.494 e. The monoisotopic (exact) mass is 393 g/mol. The lowest BCUT2D eigenvalue weighted by Crippen LogP contribution is -2.40. The van der Waals surface area contributed by atoms with Crippen molar-refractivity contribution >= 4 is 17.9 Å². The number of benzene rings is 1. The summed E-state index contributed by atoms with van der Waals surface area (Å²) in [7, 11) is 0. The minimum absolute atomic E-state index is 0.0814. The molecule has 28 heavy (non-hydrogen) atoms. The fourth-order valence-corrected chi connectivity index (χ4v) is 2.19. The molecule has 0 aliphatic carbocycles. The minimum atomic E-state index is -0.635. The van der Waals surface area contributed by atoms with Crippen LogP contribution >= 0.6 is 0 Å². The predicted molar refractivity (Wildman–Crippen MR) is 106 cm³/mol. The number of amides is 3. The van der Waals surface area contributed by atoms with Gasteiger partial charge >= 0.3 is 6.09 Å². The number of alkyl carbamates (subject to hydrolysis) is 1. The van der Waals surface area contributed by atoms with E-state index in [1.165, 1.54) is 0 Å². The Balaban J connectivity index is 2.12. The Bertz CT molecular complexity index is 638. The SMILES string of the molecule is CCOc1ccc(CC(=O)NCCCNC(=O)CNC(=O)OC(C)(C)C)cc1. The topological polar surface area (TPSA) is 106 Å². The van der Waals surface area contributed by atoms with Crippen LogP contribution in [0.4, 0.5) is 4.79 Å². The van der Waals surface area contributed by atoms with Crippen molar-refractivity contribution in [3.8, 4) is 5.75 Å². The number of carbonyl (C=O) groups excluding carboxylic acids is 3. The van der Waals surface area contributed by atoms with Gasteiger partial charge in [0.15, 0.2) is 0 Å². The number of carbonyl (C=O) groups is 3. The van der Waals surface area contributed by atoms with Crippen molar-refractivity contribution in [1.29, 1.82) is 0 Å². The second-order valence-corrected chi connectivity index (χ2v) is 7.16. The van der Waals surface area contributed by atoms with Gasteiger partial charge in [-0.1, -0.05) is 12.1 Å². The molecule has 0 saturated carbocycles. The van der Waals surface area contributed by atoms with Gasteiger partial charge in [0.25, 0.3) is 0 Å². The van der Waals surface area contributed by atoms with Crippen molar-refractivity contribution in [3.05, 3.63) is 29.8 Å². The molecule has 0 saturated heterocycles. The van der Waals surface area contributed by atoms with Gasteiger partial charge in [0, 0.05) is 13.1 Å². The summed E-state index contributed by atoms with van der Waals surface area (Å²) in [6, 6.07) is 7.41. The summed E-state index contributed by atoms with van der Waals surface area (Å²) in [5, 5.41) is 7.86. The minimum Gasteiger partial charge on any atom is -0.494 e. The quantitative estimate of drug-likeness (QED) is 0.526. The van der Waals surface area contributed by atoms with Gasteiger partial charge in [-0.05, 0) is 51.8 Å². The van der Waals surface area contributed by atoms with Gasteiger partial charge in [-0.2, -0.15) is 0 Å². The van der Waals surface area contributed by atoms with Crippen molar-refractivity contribution in [2.24, 2.45) is 0 Å². The number of nitrogens with one attached hydrogen (secondary N) is 3. The van der Waals surface area contributed by atoms with E-state index < -0.39 is 11.7 Å². The Labute approximate surface area is 166 Å². The van der Waals surface area contributed by atoms with E-state index >= 15 is 0 Å². The van der Waals surface area contributed by atoms with Gasteiger partial charge < -0.3 is 25.4 Å². The van der Waals surface area contributed by atoms with Crippen molar-refractivity contribution in [3.63, 3.8) is 0 Å². The average Bonchev–Trinajstić information content (AvgIpc) is 2.60. The second kappa shape index (κ2) is 11.8. The second-order valence-electron chi connectivity index (χ2n) is 7.16. The molecule has 1 rings (SSSR count). The molecule has 1 aromatic carbocycles. The van der Waals surface area contributed by atoms with Gasteiger partial charge in [0.05, 0.1) is 19.6 Å². The van der Waals surface area contributed by atoms with Crippen LogP contribution < -0.4 is 20.7 Å².